The first kappa shape index (κ1) is 22.8. The molecule has 27 heavy (non-hydrogen) atoms. The van der Waals surface area contributed by atoms with Crippen LogP contribution in [-0.4, -0.2) is 56.5 Å². The molecule has 0 fully saturated rings. The van der Waals surface area contributed by atoms with Crippen LogP contribution in [0.25, 0.3) is 0 Å². The molecular weight excluding hydrogens is 370 g/mol. The van der Waals surface area contributed by atoms with Crippen LogP contribution in [0, 0.1) is 0 Å². The van der Waals surface area contributed by atoms with Gasteiger partial charge in [0.05, 0.1) is 11.4 Å². The molecule has 0 bridgehead atoms. The minimum absolute atomic E-state index is 0.00206. The van der Waals surface area contributed by atoms with Gasteiger partial charge in [-0.2, -0.15) is 0 Å². The standard InChI is InChI=1S/C18H27N3O5S/c1-13(2)20-18(24)12-19-17(23)6-5-11-21(4)27(25,26)16-9-7-15(8-10-16)14(3)22/h7-10,13H,5-6,11-12H2,1-4H3,(H,19,23)(H,20,24). The zero-order valence-corrected chi connectivity index (χ0v) is 16.9. The van der Waals surface area contributed by atoms with Gasteiger partial charge in [-0.05, 0) is 39.3 Å². The van der Waals surface area contributed by atoms with Crippen molar-refractivity contribution in [3.8, 4) is 0 Å². The van der Waals surface area contributed by atoms with Gasteiger partial charge >= 0.3 is 0 Å². The molecule has 0 aromatic heterocycles. The number of hydrogen-bond donors (Lipinski definition) is 2. The smallest absolute Gasteiger partial charge is 0.242 e. The van der Waals surface area contributed by atoms with E-state index in [9.17, 15) is 22.8 Å². The Balaban J connectivity index is 2.48. The molecule has 0 radical (unpaired) electrons. The number of sulfonamides is 1. The summed E-state index contributed by atoms with van der Waals surface area (Å²) in [7, 11) is -2.26. The number of Topliss-reactive ketones (excluding diaryl/α,β-unsaturated/α-hetero) is 1. The number of ketones is 1. The topological polar surface area (TPSA) is 113 Å². The van der Waals surface area contributed by atoms with Gasteiger partial charge in [-0.15, -0.1) is 0 Å². The molecule has 0 saturated carbocycles. The van der Waals surface area contributed by atoms with Crippen molar-refractivity contribution >= 4 is 27.6 Å². The summed E-state index contributed by atoms with van der Waals surface area (Å²) in [6.07, 6.45) is 0.428. The van der Waals surface area contributed by atoms with Crippen molar-refractivity contribution in [2.75, 3.05) is 20.1 Å². The Morgan fingerprint density at radius 3 is 2.19 bits per heavy atom. The van der Waals surface area contributed by atoms with Crippen LogP contribution in [0.4, 0.5) is 0 Å². The third kappa shape index (κ3) is 7.48. The Hall–Kier alpha value is -2.26. The van der Waals surface area contributed by atoms with Gasteiger partial charge in [-0.1, -0.05) is 12.1 Å². The predicted octanol–water partition coefficient (Wildman–Crippen LogP) is 0.931. The highest BCUT2D eigenvalue weighted by atomic mass is 32.2. The maximum Gasteiger partial charge on any atom is 0.242 e. The van der Waals surface area contributed by atoms with E-state index in [1.807, 2.05) is 13.8 Å². The number of nitrogens with zero attached hydrogens (tertiary/aromatic N) is 1. The number of amides is 2. The lowest BCUT2D eigenvalue weighted by Gasteiger charge is -2.17. The molecule has 0 unspecified atom stereocenters. The number of nitrogens with one attached hydrogen (secondary N) is 2. The third-order valence-electron chi connectivity index (χ3n) is 3.74. The predicted molar refractivity (Wildman–Crippen MR) is 102 cm³/mol. The van der Waals surface area contributed by atoms with Crippen LogP contribution in [0.15, 0.2) is 29.2 Å². The van der Waals surface area contributed by atoms with Crippen molar-refractivity contribution in [3.05, 3.63) is 29.8 Å². The number of rotatable bonds is 10. The molecule has 150 valence electrons. The van der Waals surface area contributed by atoms with Gasteiger partial charge < -0.3 is 10.6 Å². The van der Waals surface area contributed by atoms with Crippen LogP contribution < -0.4 is 10.6 Å². The van der Waals surface area contributed by atoms with E-state index >= 15 is 0 Å². The van der Waals surface area contributed by atoms with E-state index < -0.39 is 10.0 Å². The molecule has 0 aliphatic rings. The van der Waals surface area contributed by atoms with E-state index in [2.05, 4.69) is 10.6 Å². The zero-order chi connectivity index (χ0) is 20.6. The number of carbonyl (C=O) groups is 3. The number of hydrogen-bond acceptors (Lipinski definition) is 5. The van der Waals surface area contributed by atoms with Gasteiger partial charge in [0.25, 0.3) is 0 Å². The van der Waals surface area contributed by atoms with Crippen molar-refractivity contribution in [1.82, 2.24) is 14.9 Å². The van der Waals surface area contributed by atoms with Crippen LogP contribution in [0.5, 0.6) is 0 Å². The molecule has 1 aromatic rings. The first-order chi connectivity index (χ1) is 12.5. The molecule has 2 amide bonds. The summed E-state index contributed by atoms with van der Waals surface area (Å²) < 4.78 is 26.1. The third-order valence-corrected chi connectivity index (χ3v) is 5.61. The summed E-state index contributed by atoms with van der Waals surface area (Å²) in [6.45, 7) is 5.11. The Morgan fingerprint density at radius 2 is 1.67 bits per heavy atom. The first-order valence-corrected chi connectivity index (χ1v) is 10.1. The quantitative estimate of drug-likeness (QED) is 0.570. The Bertz CT molecular complexity index is 773. The molecule has 0 atom stereocenters. The van der Waals surface area contributed by atoms with Crippen LogP contribution in [0.3, 0.4) is 0 Å². The second-order valence-electron chi connectivity index (χ2n) is 6.51. The normalized spacial score (nSPS) is 11.5. The molecular formula is C18H27N3O5S. The monoisotopic (exact) mass is 397 g/mol. The molecule has 8 nitrogen and oxygen atoms in total. The number of benzene rings is 1. The largest absolute Gasteiger partial charge is 0.352 e. The van der Waals surface area contributed by atoms with Gasteiger partial charge in [0.1, 0.15) is 0 Å². The van der Waals surface area contributed by atoms with Gasteiger partial charge in [0, 0.05) is 31.6 Å². The molecule has 2 N–H and O–H groups in total. The SMILES string of the molecule is CC(=O)c1ccc(S(=O)(=O)N(C)CCCC(=O)NCC(=O)NC(C)C)cc1. The molecule has 0 aliphatic carbocycles. The maximum absolute atomic E-state index is 12.5. The molecule has 0 heterocycles. The average Bonchev–Trinajstić information content (AvgIpc) is 2.59. The molecule has 0 spiro atoms. The van der Waals surface area contributed by atoms with E-state index in [0.717, 1.165) is 4.31 Å². The molecule has 9 heteroatoms. The first-order valence-electron chi connectivity index (χ1n) is 8.67. The summed E-state index contributed by atoms with van der Waals surface area (Å²) in [6, 6.07) is 5.72. The summed E-state index contributed by atoms with van der Waals surface area (Å²) in [5.41, 5.74) is 0.440. The lowest BCUT2D eigenvalue weighted by Crippen LogP contribution is -2.40. The van der Waals surface area contributed by atoms with Gasteiger partial charge in [0.2, 0.25) is 21.8 Å². The summed E-state index contributed by atoms with van der Waals surface area (Å²) in [4.78, 5) is 34.6. The minimum atomic E-state index is -3.69. The second kappa shape index (κ2) is 10.2. The van der Waals surface area contributed by atoms with Crippen LogP contribution in [-0.2, 0) is 19.6 Å². The van der Waals surface area contributed by atoms with E-state index in [4.69, 9.17) is 0 Å². The summed E-state index contributed by atoms with van der Waals surface area (Å²) in [5, 5.41) is 5.16. The van der Waals surface area contributed by atoms with Crippen molar-refractivity contribution in [1.29, 1.82) is 0 Å². The fourth-order valence-corrected chi connectivity index (χ4v) is 3.47. The van der Waals surface area contributed by atoms with Crippen LogP contribution in [0.1, 0.15) is 44.0 Å². The van der Waals surface area contributed by atoms with Gasteiger partial charge in [0.15, 0.2) is 5.78 Å². The lowest BCUT2D eigenvalue weighted by atomic mass is 10.2. The zero-order valence-electron chi connectivity index (χ0n) is 16.1. The highest BCUT2D eigenvalue weighted by molar-refractivity contribution is 7.89. The lowest BCUT2D eigenvalue weighted by molar-refractivity contribution is -0.126. The fraction of sp³-hybridized carbons (Fsp3) is 0.500. The van der Waals surface area contributed by atoms with Gasteiger partial charge in [-0.25, -0.2) is 12.7 Å². The molecule has 0 saturated heterocycles. The van der Waals surface area contributed by atoms with Crippen LogP contribution in [0.2, 0.25) is 0 Å². The Labute approximate surface area is 160 Å². The van der Waals surface area contributed by atoms with E-state index in [0.29, 0.717) is 12.0 Å². The van der Waals surface area contributed by atoms with Gasteiger partial charge in [-0.3, -0.25) is 14.4 Å². The number of carbonyl (C=O) groups excluding carboxylic acids is 3. The average molecular weight is 397 g/mol. The van der Waals surface area contributed by atoms with Crippen molar-refractivity contribution in [2.24, 2.45) is 0 Å². The van der Waals surface area contributed by atoms with E-state index in [1.165, 1.54) is 38.2 Å². The summed E-state index contributed by atoms with van der Waals surface area (Å²) >= 11 is 0. The fourth-order valence-electron chi connectivity index (χ4n) is 2.26. The van der Waals surface area contributed by atoms with Crippen molar-refractivity contribution < 1.29 is 22.8 Å². The highest BCUT2D eigenvalue weighted by Gasteiger charge is 2.20. The second-order valence-corrected chi connectivity index (χ2v) is 8.55. The molecule has 0 aliphatic heterocycles. The Morgan fingerprint density at radius 1 is 1.07 bits per heavy atom. The summed E-state index contributed by atoms with van der Waals surface area (Å²) in [5.74, 6) is -0.724. The van der Waals surface area contributed by atoms with E-state index in [-0.39, 0.29) is 48.0 Å². The molecule has 1 aromatic carbocycles. The Kier molecular flexibility index (Phi) is 8.58. The maximum atomic E-state index is 12.5. The van der Waals surface area contributed by atoms with Crippen molar-refractivity contribution in [2.45, 2.75) is 44.6 Å². The van der Waals surface area contributed by atoms with Crippen LogP contribution >= 0.6 is 0 Å². The van der Waals surface area contributed by atoms with E-state index in [1.54, 1.807) is 0 Å². The molecule has 1 rings (SSSR count). The highest BCUT2D eigenvalue weighted by Crippen LogP contribution is 2.16. The van der Waals surface area contributed by atoms with Crippen molar-refractivity contribution in [3.63, 3.8) is 0 Å². The minimum Gasteiger partial charge on any atom is -0.352 e.